The molecule has 0 heterocycles. The van der Waals surface area contributed by atoms with E-state index in [0.717, 1.165) is 23.8 Å². The Morgan fingerprint density at radius 2 is 2.10 bits per heavy atom. The summed E-state index contributed by atoms with van der Waals surface area (Å²) in [7, 11) is 0. The van der Waals surface area contributed by atoms with Crippen molar-refractivity contribution in [2.24, 2.45) is 5.92 Å². The van der Waals surface area contributed by atoms with Gasteiger partial charge >= 0.3 is 0 Å². The highest BCUT2D eigenvalue weighted by Crippen LogP contribution is 2.29. The van der Waals surface area contributed by atoms with Gasteiger partial charge in [-0.15, -0.1) is 0 Å². The van der Waals surface area contributed by atoms with Crippen LogP contribution in [0.3, 0.4) is 0 Å². The van der Waals surface area contributed by atoms with Crippen LogP contribution in [0, 0.1) is 17.8 Å². The predicted octanol–water partition coefficient (Wildman–Crippen LogP) is 2.62. The Morgan fingerprint density at radius 3 is 2.85 bits per heavy atom. The van der Waals surface area contributed by atoms with Gasteiger partial charge in [-0.1, -0.05) is 37.2 Å². The first-order valence-electron chi connectivity index (χ1n) is 7.29. The largest absolute Gasteiger partial charge is 0.491 e. The molecular weight excluding hydrogens is 252 g/mol. The monoisotopic (exact) mass is 274 g/mol. The third kappa shape index (κ3) is 5.24. The molecule has 1 aromatic carbocycles. The molecule has 1 aliphatic carbocycles. The molecule has 1 aliphatic rings. The lowest BCUT2D eigenvalue weighted by molar-refractivity contribution is 0.0812. The maximum absolute atomic E-state index is 8.66. The standard InChI is InChI=1S/C17H22O3/c18-10-3-7-16-6-2-8-17(14-16)20-13-12-19-11-9-15-4-1-5-15/h2,6,8,14-15,18H,1,4-5,9-13H2. The summed E-state index contributed by atoms with van der Waals surface area (Å²) in [5.41, 5.74) is 0.849. The Labute approximate surface area is 120 Å². The summed E-state index contributed by atoms with van der Waals surface area (Å²) in [6.07, 6.45) is 5.33. The van der Waals surface area contributed by atoms with Crippen LogP contribution in [0.25, 0.3) is 0 Å². The minimum absolute atomic E-state index is 0.125. The first kappa shape index (κ1) is 14.9. The molecule has 0 unspecified atom stereocenters. The van der Waals surface area contributed by atoms with Crippen molar-refractivity contribution in [1.29, 1.82) is 0 Å². The SMILES string of the molecule is OCC#Cc1cccc(OCCOCCC2CCC2)c1. The van der Waals surface area contributed by atoms with E-state index in [0.29, 0.717) is 13.2 Å². The molecule has 1 N–H and O–H groups in total. The zero-order valence-corrected chi connectivity index (χ0v) is 11.8. The number of ether oxygens (including phenoxy) is 2. The Kier molecular flexibility index (Phi) is 6.43. The highest BCUT2D eigenvalue weighted by molar-refractivity contribution is 5.39. The summed E-state index contributed by atoms with van der Waals surface area (Å²) in [5, 5.41) is 8.66. The van der Waals surface area contributed by atoms with Crippen LogP contribution in [0.2, 0.25) is 0 Å². The van der Waals surface area contributed by atoms with Gasteiger partial charge in [-0.2, -0.15) is 0 Å². The van der Waals surface area contributed by atoms with Crippen LogP contribution in [0.1, 0.15) is 31.2 Å². The van der Waals surface area contributed by atoms with E-state index in [1.54, 1.807) is 0 Å². The molecule has 0 radical (unpaired) electrons. The molecule has 108 valence electrons. The van der Waals surface area contributed by atoms with Crippen LogP contribution in [-0.2, 0) is 4.74 Å². The van der Waals surface area contributed by atoms with Crippen molar-refractivity contribution in [1.82, 2.24) is 0 Å². The second kappa shape index (κ2) is 8.63. The van der Waals surface area contributed by atoms with E-state index < -0.39 is 0 Å². The molecule has 3 nitrogen and oxygen atoms in total. The molecule has 1 saturated carbocycles. The number of hydrogen-bond donors (Lipinski definition) is 1. The number of hydrogen-bond acceptors (Lipinski definition) is 3. The Morgan fingerprint density at radius 1 is 1.20 bits per heavy atom. The molecule has 0 aliphatic heterocycles. The summed E-state index contributed by atoms with van der Waals surface area (Å²) in [4.78, 5) is 0. The average molecular weight is 274 g/mol. The third-order valence-corrected chi connectivity index (χ3v) is 3.54. The van der Waals surface area contributed by atoms with Crippen molar-refractivity contribution < 1.29 is 14.6 Å². The van der Waals surface area contributed by atoms with E-state index in [1.807, 2.05) is 24.3 Å². The molecule has 0 spiro atoms. The number of rotatable bonds is 7. The summed E-state index contributed by atoms with van der Waals surface area (Å²) >= 11 is 0. The first-order valence-corrected chi connectivity index (χ1v) is 7.29. The van der Waals surface area contributed by atoms with Crippen LogP contribution in [0.5, 0.6) is 5.75 Å². The second-order valence-electron chi connectivity index (χ2n) is 5.03. The highest BCUT2D eigenvalue weighted by atomic mass is 16.5. The Hall–Kier alpha value is -1.50. The molecule has 1 fully saturated rings. The lowest BCUT2D eigenvalue weighted by Gasteiger charge is -2.24. The smallest absolute Gasteiger partial charge is 0.120 e. The Bertz CT molecular complexity index is 455. The van der Waals surface area contributed by atoms with Gasteiger partial charge in [0.25, 0.3) is 0 Å². The third-order valence-electron chi connectivity index (χ3n) is 3.54. The maximum atomic E-state index is 8.66. The minimum Gasteiger partial charge on any atom is -0.491 e. The van der Waals surface area contributed by atoms with Gasteiger partial charge in [0.15, 0.2) is 0 Å². The van der Waals surface area contributed by atoms with E-state index in [2.05, 4.69) is 11.8 Å². The molecule has 0 bridgehead atoms. The van der Waals surface area contributed by atoms with Gasteiger partial charge in [-0.25, -0.2) is 0 Å². The van der Waals surface area contributed by atoms with Gasteiger partial charge in [-0.05, 0) is 30.5 Å². The molecule has 2 rings (SSSR count). The minimum atomic E-state index is -0.125. The molecule has 20 heavy (non-hydrogen) atoms. The van der Waals surface area contributed by atoms with E-state index in [9.17, 15) is 0 Å². The summed E-state index contributed by atoms with van der Waals surface area (Å²) in [6, 6.07) is 7.56. The molecule has 1 aromatic rings. The fraction of sp³-hybridized carbons (Fsp3) is 0.529. The van der Waals surface area contributed by atoms with Crippen molar-refractivity contribution in [2.45, 2.75) is 25.7 Å². The van der Waals surface area contributed by atoms with Crippen LogP contribution in [-0.4, -0.2) is 31.5 Å². The van der Waals surface area contributed by atoms with Crippen molar-refractivity contribution in [3.05, 3.63) is 29.8 Å². The van der Waals surface area contributed by atoms with Crippen molar-refractivity contribution in [3.8, 4) is 17.6 Å². The molecule has 0 aromatic heterocycles. The van der Waals surface area contributed by atoms with Gasteiger partial charge < -0.3 is 14.6 Å². The van der Waals surface area contributed by atoms with Crippen molar-refractivity contribution >= 4 is 0 Å². The van der Waals surface area contributed by atoms with Crippen molar-refractivity contribution in [3.63, 3.8) is 0 Å². The van der Waals surface area contributed by atoms with Gasteiger partial charge in [0.05, 0.1) is 6.61 Å². The second-order valence-corrected chi connectivity index (χ2v) is 5.03. The van der Waals surface area contributed by atoms with Crippen molar-refractivity contribution in [2.75, 3.05) is 26.4 Å². The predicted molar refractivity (Wildman–Crippen MR) is 78.7 cm³/mol. The summed E-state index contributed by atoms with van der Waals surface area (Å²) in [6.45, 7) is 1.90. The summed E-state index contributed by atoms with van der Waals surface area (Å²) in [5.74, 6) is 7.17. The van der Waals surface area contributed by atoms with Crippen LogP contribution in [0.15, 0.2) is 24.3 Å². The van der Waals surface area contributed by atoms with E-state index >= 15 is 0 Å². The van der Waals surface area contributed by atoms with Crippen LogP contribution >= 0.6 is 0 Å². The molecule has 0 saturated heterocycles. The fourth-order valence-corrected chi connectivity index (χ4v) is 2.16. The van der Waals surface area contributed by atoms with E-state index in [-0.39, 0.29) is 6.61 Å². The van der Waals surface area contributed by atoms with Crippen LogP contribution in [0.4, 0.5) is 0 Å². The Balaban J connectivity index is 1.60. The highest BCUT2D eigenvalue weighted by Gasteiger charge is 2.16. The number of benzene rings is 1. The zero-order chi connectivity index (χ0) is 14.0. The average Bonchev–Trinajstić information content (AvgIpc) is 2.42. The quantitative estimate of drug-likeness (QED) is 0.613. The molecule has 0 amide bonds. The zero-order valence-electron chi connectivity index (χ0n) is 11.8. The maximum Gasteiger partial charge on any atom is 0.120 e. The lowest BCUT2D eigenvalue weighted by Crippen LogP contribution is -2.15. The van der Waals surface area contributed by atoms with E-state index in [4.69, 9.17) is 14.6 Å². The topological polar surface area (TPSA) is 38.7 Å². The number of aliphatic hydroxyl groups excluding tert-OH is 1. The van der Waals surface area contributed by atoms with Gasteiger partial charge in [0.1, 0.15) is 19.0 Å². The lowest BCUT2D eigenvalue weighted by atomic mass is 9.83. The normalized spacial score (nSPS) is 14.2. The molecular formula is C17H22O3. The van der Waals surface area contributed by atoms with Gasteiger partial charge in [0.2, 0.25) is 0 Å². The van der Waals surface area contributed by atoms with E-state index in [1.165, 1.54) is 25.7 Å². The molecule has 0 atom stereocenters. The molecule has 3 heteroatoms. The fourth-order valence-electron chi connectivity index (χ4n) is 2.16. The first-order chi connectivity index (χ1) is 9.88. The summed E-state index contributed by atoms with van der Waals surface area (Å²) < 4.78 is 11.2. The number of aliphatic hydroxyl groups is 1. The van der Waals surface area contributed by atoms with Gasteiger partial charge in [0, 0.05) is 12.2 Å². The van der Waals surface area contributed by atoms with Crippen LogP contribution < -0.4 is 4.74 Å². The van der Waals surface area contributed by atoms with Gasteiger partial charge in [-0.3, -0.25) is 0 Å².